The van der Waals surface area contributed by atoms with Crippen molar-refractivity contribution >= 4 is 29.3 Å². The molecule has 0 saturated heterocycles. The van der Waals surface area contributed by atoms with Gasteiger partial charge in [-0.2, -0.15) is 0 Å². The van der Waals surface area contributed by atoms with Crippen LogP contribution in [0.1, 0.15) is 33.3 Å². The fraction of sp³-hybridized carbons (Fsp3) is 0.143. The number of benzene rings is 3. The standard InChI is InChI=1S/C28H26N2O3S/c1-4-33-28(32)25-18-26(20-10-6-5-7-11-20)30(19(25)2)23-14-8-12-21(16-23)27(31)29-22-13-9-15-24(17-22)34-3/h5-18H,4H2,1-3H3,(H,29,31). The fourth-order valence-corrected chi connectivity index (χ4v) is 4.33. The summed E-state index contributed by atoms with van der Waals surface area (Å²) in [5.74, 6) is -0.560. The van der Waals surface area contributed by atoms with E-state index in [1.54, 1.807) is 24.8 Å². The molecule has 1 heterocycles. The van der Waals surface area contributed by atoms with E-state index in [4.69, 9.17) is 4.74 Å². The second kappa shape index (κ2) is 10.4. The van der Waals surface area contributed by atoms with Crippen LogP contribution in [0.4, 0.5) is 5.69 Å². The number of ether oxygens (including phenoxy) is 1. The first-order valence-corrected chi connectivity index (χ1v) is 12.2. The van der Waals surface area contributed by atoms with E-state index in [2.05, 4.69) is 5.32 Å². The molecule has 5 nitrogen and oxygen atoms in total. The molecule has 4 aromatic rings. The zero-order valence-electron chi connectivity index (χ0n) is 19.4. The van der Waals surface area contributed by atoms with E-state index < -0.39 is 0 Å². The Morgan fingerprint density at radius 3 is 2.44 bits per heavy atom. The smallest absolute Gasteiger partial charge is 0.339 e. The summed E-state index contributed by atoms with van der Waals surface area (Å²) < 4.78 is 7.27. The van der Waals surface area contributed by atoms with Crippen LogP contribution in [-0.2, 0) is 4.74 Å². The Balaban J connectivity index is 1.75. The van der Waals surface area contributed by atoms with Gasteiger partial charge in [0, 0.05) is 27.5 Å². The van der Waals surface area contributed by atoms with Gasteiger partial charge < -0.3 is 14.6 Å². The first-order valence-electron chi connectivity index (χ1n) is 11.0. The maximum absolute atomic E-state index is 13.0. The Labute approximate surface area is 203 Å². The van der Waals surface area contributed by atoms with E-state index in [1.165, 1.54) is 0 Å². The number of hydrogen-bond acceptors (Lipinski definition) is 4. The summed E-state index contributed by atoms with van der Waals surface area (Å²) in [4.78, 5) is 26.7. The Bertz CT molecular complexity index is 1330. The maximum Gasteiger partial charge on any atom is 0.339 e. The molecular formula is C28H26N2O3S. The van der Waals surface area contributed by atoms with Gasteiger partial charge in [0.05, 0.1) is 17.9 Å². The SMILES string of the molecule is CCOC(=O)c1cc(-c2ccccc2)n(-c2cccc(C(=O)Nc3cccc(SC)c3)c2)c1C. The minimum atomic E-state index is -0.362. The lowest BCUT2D eigenvalue weighted by Crippen LogP contribution is -2.13. The van der Waals surface area contributed by atoms with Crippen molar-refractivity contribution in [3.05, 3.63) is 102 Å². The number of nitrogens with one attached hydrogen (secondary N) is 1. The maximum atomic E-state index is 13.0. The van der Waals surface area contributed by atoms with E-state index in [9.17, 15) is 9.59 Å². The summed E-state index contributed by atoms with van der Waals surface area (Å²) in [7, 11) is 0. The highest BCUT2D eigenvalue weighted by Crippen LogP contribution is 2.30. The van der Waals surface area contributed by atoms with Crippen LogP contribution in [0, 0.1) is 6.92 Å². The molecule has 1 amide bonds. The molecule has 0 radical (unpaired) electrons. The highest BCUT2D eigenvalue weighted by Gasteiger charge is 2.21. The molecule has 172 valence electrons. The first kappa shape index (κ1) is 23.4. The number of amides is 1. The number of carbonyl (C=O) groups is 2. The highest BCUT2D eigenvalue weighted by molar-refractivity contribution is 7.98. The molecular weight excluding hydrogens is 444 g/mol. The Hall–Kier alpha value is -3.77. The van der Waals surface area contributed by atoms with E-state index in [0.717, 1.165) is 33.2 Å². The predicted molar refractivity (Wildman–Crippen MR) is 138 cm³/mol. The molecule has 0 fully saturated rings. The third-order valence-electron chi connectivity index (χ3n) is 5.51. The van der Waals surface area contributed by atoms with Crippen molar-refractivity contribution in [2.24, 2.45) is 0 Å². The van der Waals surface area contributed by atoms with Gasteiger partial charge in [0.15, 0.2) is 0 Å². The molecule has 1 aromatic heterocycles. The third kappa shape index (κ3) is 4.92. The van der Waals surface area contributed by atoms with Crippen molar-refractivity contribution in [1.82, 2.24) is 4.57 Å². The summed E-state index contributed by atoms with van der Waals surface area (Å²) in [5.41, 5.74) is 5.13. The van der Waals surface area contributed by atoms with Crippen LogP contribution in [0.3, 0.4) is 0 Å². The van der Waals surface area contributed by atoms with Crippen molar-refractivity contribution in [2.45, 2.75) is 18.7 Å². The summed E-state index contributed by atoms with van der Waals surface area (Å²) in [6, 6.07) is 26.8. The van der Waals surface area contributed by atoms with Crippen LogP contribution < -0.4 is 5.32 Å². The molecule has 0 aliphatic heterocycles. The molecule has 0 bridgehead atoms. The van der Waals surface area contributed by atoms with Crippen LogP contribution in [0.15, 0.2) is 89.8 Å². The molecule has 0 unspecified atom stereocenters. The van der Waals surface area contributed by atoms with E-state index in [1.807, 2.05) is 96.6 Å². The van der Waals surface area contributed by atoms with Crippen LogP contribution in [0.25, 0.3) is 16.9 Å². The zero-order valence-corrected chi connectivity index (χ0v) is 20.2. The Kier molecular flexibility index (Phi) is 7.18. The third-order valence-corrected chi connectivity index (χ3v) is 6.23. The lowest BCUT2D eigenvalue weighted by Gasteiger charge is -2.14. The molecule has 1 N–H and O–H groups in total. The highest BCUT2D eigenvalue weighted by atomic mass is 32.2. The second-order valence-electron chi connectivity index (χ2n) is 7.69. The normalized spacial score (nSPS) is 10.7. The van der Waals surface area contributed by atoms with Gasteiger partial charge in [-0.15, -0.1) is 11.8 Å². The molecule has 4 rings (SSSR count). The summed E-state index contributed by atoms with van der Waals surface area (Å²) in [6.07, 6.45) is 2.00. The van der Waals surface area contributed by atoms with Gasteiger partial charge in [-0.1, -0.05) is 42.5 Å². The minimum Gasteiger partial charge on any atom is -0.462 e. The zero-order chi connectivity index (χ0) is 24.1. The van der Waals surface area contributed by atoms with Crippen molar-refractivity contribution in [2.75, 3.05) is 18.2 Å². The number of anilines is 1. The quantitative estimate of drug-likeness (QED) is 0.244. The minimum absolute atomic E-state index is 0.197. The number of carbonyl (C=O) groups excluding carboxylic acids is 2. The average Bonchev–Trinajstić information content (AvgIpc) is 3.22. The van der Waals surface area contributed by atoms with Gasteiger partial charge in [0.1, 0.15) is 0 Å². The molecule has 0 spiro atoms. The van der Waals surface area contributed by atoms with Gasteiger partial charge in [-0.25, -0.2) is 4.79 Å². The van der Waals surface area contributed by atoms with Crippen molar-refractivity contribution < 1.29 is 14.3 Å². The number of thioether (sulfide) groups is 1. The molecule has 0 aliphatic carbocycles. The number of esters is 1. The lowest BCUT2D eigenvalue weighted by molar-refractivity contribution is 0.0525. The molecule has 6 heteroatoms. The average molecular weight is 471 g/mol. The van der Waals surface area contributed by atoms with E-state index in [-0.39, 0.29) is 11.9 Å². The van der Waals surface area contributed by atoms with E-state index >= 15 is 0 Å². The van der Waals surface area contributed by atoms with Crippen LogP contribution in [-0.4, -0.2) is 29.3 Å². The number of aromatic nitrogens is 1. The van der Waals surface area contributed by atoms with Crippen LogP contribution in [0.5, 0.6) is 0 Å². The summed E-state index contributed by atoms with van der Waals surface area (Å²) >= 11 is 1.62. The van der Waals surface area contributed by atoms with Gasteiger partial charge in [0.25, 0.3) is 5.91 Å². The first-order chi connectivity index (χ1) is 16.5. The van der Waals surface area contributed by atoms with Crippen molar-refractivity contribution in [1.29, 1.82) is 0 Å². The fourth-order valence-electron chi connectivity index (χ4n) is 3.87. The monoisotopic (exact) mass is 470 g/mol. The second-order valence-corrected chi connectivity index (χ2v) is 8.57. The Morgan fingerprint density at radius 2 is 1.71 bits per heavy atom. The van der Waals surface area contributed by atoms with Crippen molar-refractivity contribution in [3.63, 3.8) is 0 Å². The molecule has 0 atom stereocenters. The number of nitrogens with zero attached hydrogens (tertiary/aromatic N) is 1. The molecule has 34 heavy (non-hydrogen) atoms. The molecule has 3 aromatic carbocycles. The predicted octanol–water partition coefficient (Wildman–Crippen LogP) is 6.60. The van der Waals surface area contributed by atoms with Crippen LogP contribution in [0.2, 0.25) is 0 Å². The van der Waals surface area contributed by atoms with Gasteiger partial charge in [-0.3, -0.25) is 4.79 Å². The topological polar surface area (TPSA) is 60.3 Å². The van der Waals surface area contributed by atoms with Gasteiger partial charge in [0.2, 0.25) is 0 Å². The number of hydrogen-bond donors (Lipinski definition) is 1. The van der Waals surface area contributed by atoms with E-state index in [0.29, 0.717) is 17.7 Å². The molecule has 0 saturated carbocycles. The number of rotatable bonds is 7. The molecule has 0 aliphatic rings. The lowest BCUT2D eigenvalue weighted by atomic mass is 10.1. The Morgan fingerprint density at radius 1 is 0.941 bits per heavy atom. The summed E-state index contributed by atoms with van der Waals surface area (Å²) in [6.45, 7) is 3.98. The van der Waals surface area contributed by atoms with Gasteiger partial charge >= 0.3 is 5.97 Å². The van der Waals surface area contributed by atoms with Crippen LogP contribution >= 0.6 is 11.8 Å². The summed E-state index contributed by atoms with van der Waals surface area (Å²) in [5, 5.41) is 2.98. The largest absolute Gasteiger partial charge is 0.462 e. The van der Waals surface area contributed by atoms with Crippen molar-refractivity contribution in [3.8, 4) is 16.9 Å². The van der Waals surface area contributed by atoms with Gasteiger partial charge in [-0.05, 0) is 68.1 Å².